The fraction of sp³-hybridized carbons (Fsp3) is 0.632. The molecule has 1 aliphatic carbocycles. The Bertz CT molecular complexity index is 574. The number of rotatable bonds is 3. The van der Waals surface area contributed by atoms with E-state index in [1.54, 1.807) is 0 Å². The van der Waals surface area contributed by atoms with Crippen molar-refractivity contribution in [2.45, 2.75) is 62.6 Å². The molecule has 3 aliphatic rings. The lowest BCUT2D eigenvalue weighted by Gasteiger charge is -2.47. The molecule has 1 aromatic rings. The molecule has 124 valence electrons. The standard InChI is InChI=1S/C19H25ClN2O/c1-22-15-3-2-4-16(22)10-14(9-15)21-19(23)18-11-17(18)12-5-7-13(20)8-6-12/h5-8,14-18H,2-4,9-11H2,1H3,(H,21,23)/t15-,16-,17-,18+/m0/s1. The minimum atomic E-state index is 0.163. The van der Waals surface area contributed by atoms with E-state index in [9.17, 15) is 4.79 Å². The summed E-state index contributed by atoms with van der Waals surface area (Å²) < 4.78 is 0. The summed E-state index contributed by atoms with van der Waals surface area (Å²) in [5.74, 6) is 0.811. The Balaban J connectivity index is 1.34. The van der Waals surface area contributed by atoms with Crippen LogP contribution in [0.4, 0.5) is 0 Å². The fourth-order valence-corrected chi connectivity index (χ4v) is 4.73. The maximum absolute atomic E-state index is 12.6. The molecule has 0 spiro atoms. The number of amides is 1. The van der Waals surface area contributed by atoms with E-state index in [0.29, 0.717) is 24.0 Å². The Morgan fingerprint density at radius 3 is 2.43 bits per heavy atom. The Morgan fingerprint density at radius 2 is 1.78 bits per heavy atom. The zero-order chi connectivity index (χ0) is 16.0. The molecular weight excluding hydrogens is 308 g/mol. The summed E-state index contributed by atoms with van der Waals surface area (Å²) in [7, 11) is 2.25. The molecule has 3 nitrogen and oxygen atoms in total. The monoisotopic (exact) mass is 332 g/mol. The lowest BCUT2D eigenvalue weighted by Crippen LogP contribution is -2.55. The Kier molecular flexibility index (Phi) is 4.10. The SMILES string of the molecule is CN1[C@H]2CCC[C@H]1CC(NC(=O)[C@@H]1C[C@H]1c1ccc(Cl)cc1)C2. The van der Waals surface area contributed by atoms with E-state index in [0.717, 1.165) is 24.3 Å². The van der Waals surface area contributed by atoms with Crippen LogP contribution in [0.25, 0.3) is 0 Å². The van der Waals surface area contributed by atoms with Gasteiger partial charge >= 0.3 is 0 Å². The summed E-state index contributed by atoms with van der Waals surface area (Å²) in [5, 5.41) is 4.11. The number of nitrogens with one attached hydrogen (secondary N) is 1. The normalized spacial score (nSPS) is 36.5. The van der Waals surface area contributed by atoms with Gasteiger partial charge < -0.3 is 10.2 Å². The molecule has 2 saturated heterocycles. The van der Waals surface area contributed by atoms with Crippen LogP contribution in [0.3, 0.4) is 0 Å². The van der Waals surface area contributed by atoms with Gasteiger partial charge in [-0.3, -0.25) is 4.79 Å². The average Bonchev–Trinajstić information content (AvgIpc) is 3.30. The molecule has 2 bridgehead atoms. The van der Waals surface area contributed by atoms with Crippen LogP contribution < -0.4 is 5.32 Å². The lowest BCUT2D eigenvalue weighted by atomic mass is 9.82. The molecule has 4 rings (SSSR count). The molecule has 0 radical (unpaired) electrons. The molecule has 4 heteroatoms. The van der Waals surface area contributed by atoms with Crippen LogP contribution in [0.5, 0.6) is 0 Å². The van der Waals surface area contributed by atoms with Crippen molar-refractivity contribution in [3.63, 3.8) is 0 Å². The summed E-state index contributed by atoms with van der Waals surface area (Å²) >= 11 is 5.94. The van der Waals surface area contributed by atoms with Crippen LogP contribution in [0.1, 0.15) is 50.0 Å². The molecule has 2 heterocycles. The number of carbonyl (C=O) groups is 1. The van der Waals surface area contributed by atoms with Crippen LogP contribution in [0.2, 0.25) is 5.02 Å². The van der Waals surface area contributed by atoms with Gasteiger partial charge in [-0.25, -0.2) is 0 Å². The first kappa shape index (κ1) is 15.5. The minimum Gasteiger partial charge on any atom is -0.353 e. The van der Waals surface area contributed by atoms with Gasteiger partial charge in [0.25, 0.3) is 0 Å². The third-order valence-corrected chi connectivity index (χ3v) is 6.36. The first-order valence-electron chi connectivity index (χ1n) is 8.89. The molecule has 3 fully saturated rings. The van der Waals surface area contributed by atoms with Crippen molar-refractivity contribution in [3.8, 4) is 0 Å². The van der Waals surface area contributed by atoms with E-state index < -0.39 is 0 Å². The second-order valence-electron chi connectivity index (χ2n) is 7.58. The summed E-state index contributed by atoms with van der Waals surface area (Å²) in [5.41, 5.74) is 1.25. The largest absolute Gasteiger partial charge is 0.353 e. The van der Waals surface area contributed by atoms with Gasteiger partial charge in [0.15, 0.2) is 0 Å². The number of benzene rings is 1. The molecule has 4 atom stereocenters. The van der Waals surface area contributed by atoms with Gasteiger partial charge in [-0.1, -0.05) is 30.2 Å². The molecule has 1 N–H and O–H groups in total. The molecule has 1 aromatic carbocycles. The van der Waals surface area contributed by atoms with Crippen molar-refractivity contribution in [2.75, 3.05) is 7.05 Å². The zero-order valence-corrected chi connectivity index (χ0v) is 14.4. The maximum Gasteiger partial charge on any atom is 0.223 e. The van der Waals surface area contributed by atoms with Crippen molar-refractivity contribution in [1.29, 1.82) is 0 Å². The molecule has 0 unspecified atom stereocenters. The fourth-order valence-electron chi connectivity index (χ4n) is 4.61. The molecule has 23 heavy (non-hydrogen) atoms. The first-order chi connectivity index (χ1) is 11.1. The van der Waals surface area contributed by atoms with Crippen LogP contribution in [-0.4, -0.2) is 36.0 Å². The van der Waals surface area contributed by atoms with Gasteiger partial charge in [-0.15, -0.1) is 0 Å². The highest BCUT2D eigenvalue weighted by molar-refractivity contribution is 6.30. The topological polar surface area (TPSA) is 32.3 Å². The molecule has 2 aliphatic heterocycles. The van der Waals surface area contributed by atoms with Gasteiger partial charge in [-0.05, 0) is 62.8 Å². The second kappa shape index (κ2) is 6.10. The van der Waals surface area contributed by atoms with Crippen molar-refractivity contribution in [3.05, 3.63) is 34.9 Å². The van der Waals surface area contributed by atoms with Gasteiger partial charge in [0.05, 0.1) is 0 Å². The van der Waals surface area contributed by atoms with E-state index >= 15 is 0 Å². The van der Waals surface area contributed by atoms with Crippen molar-refractivity contribution in [1.82, 2.24) is 10.2 Å². The Hall–Kier alpha value is -1.06. The smallest absolute Gasteiger partial charge is 0.223 e. The molecule has 1 amide bonds. The highest BCUT2D eigenvalue weighted by Crippen LogP contribution is 2.48. The van der Waals surface area contributed by atoms with E-state index in [2.05, 4.69) is 29.4 Å². The lowest BCUT2D eigenvalue weighted by molar-refractivity contribution is -0.123. The number of hydrogen-bond acceptors (Lipinski definition) is 2. The minimum absolute atomic E-state index is 0.163. The van der Waals surface area contributed by atoms with E-state index in [1.165, 1.54) is 24.8 Å². The van der Waals surface area contributed by atoms with E-state index in [1.807, 2.05) is 12.1 Å². The van der Waals surface area contributed by atoms with Gasteiger partial charge in [0, 0.05) is 29.1 Å². The highest BCUT2D eigenvalue weighted by atomic mass is 35.5. The molecule has 0 aromatic heterocycles. The number of carbonyl (C=O) groups excluding carboxylic acids is 1. The quantitative estimate of drug-likeness (QED) is 0.917. The Morgan fingerprint density at radius 1 is 1.13 bits per heavy atom. The van der Waals surface area contributed by atoms with Crippen molar-refractivity contribution in [2.24, 2.45) is 5.92 Å². The number of piperidine rings is 2. The number of halogens is 1. The van der Waals surface area contributed by atoms with Gasteiger partial charge in [-0.2, -0.15) is 0 Å². The van der Waals surface area contributed by atoms with Crippen molar-refractivity contribution < 1.29 is 4.79 Å². The molecular formula is C19H25ClN2O. The summed E-state index contributed by atoms with van der Waals surface area (Å²) in [6.07, 6.45) is 7.15. The van der Waals surface area contributed by atoms with Crippen molar-refractivity contribution >= 4 is 17.5 Å². The molecule has 1 saturated carbocycles. The maximum atomic E-state index is 12.6. The number of fused-ring (bicyclic) bond motifs is 2. The summed E-state index contributed by atoms with van der Waals surface area (Å²) in [6, 6.07) is 9.66. The summed E-state index contributed by atoms with van der Waals surface area (Å²) in [4.78, 5) is 15.1. The summed E-state index contributed by atoms with van der Waals surface area (Å²) in [6.45, 7) is 0. The Labute approximate surface area is 143 Å². The second-order valence-corrected chi connectivity index (χ2v) is 8.02. The predicted molar refractivity (Wildman–Crippen MR) is 92.7 cm³/mol. The third-order valence-electron chi connectivity index (χ3n) is 6.11. The van der Waals surface area contributed by atoms with Crippen LogP contribution in [0, 0.1) is 5.92 Å². The van der Waals surface area contributed by atoms with Crippen LogP contribution in [0.15, 0.2) is 24.3 Å². The predicted octanol–water partition coefficient (Wildman–Crippen LogP) is 3.58. The van der Waals surface area contributed by atoms with E-state index in [4.69, 9.17) is 11.6 Å². The van der Waals surface area contributed by atoms with Gasteiger partial charge in [0.2, 0.25) is 5.91 Å². The first-order valence-corrected chi connectivity index (χ1v) is 9.27. The van der Waals surface area contributed by atoms with E-state index in [-0.39, 0.29) is 11.8 Å². The van der Waals surface area contributed by atoms with Gasteiger partial charge in [0.1, 0.15) is 0 Å². The highest BCUT2D eigenvalue weighted by Gasteiger charge is 2.45. The zero-order valence-electron chi connectivity index (χ0n) is 13.7. The average molecular weight is 333 g/mol. The van der Waals surface area contributed by atoms with Crippen LogP contribution in [-0.2, 0) is 4.79 Å². The van der Waals surface area contributed by atoms with Crippen LogP contribution >= 0.6 is 11.6 Å². The number of hydrogen-bond donors (Lipinski definition) is 1. The number of nitrogens with zero attached hydrogens (tertiary/aromatic N) is 1. The third kappa shape index (κ3) is 3.14.